The van der Waals surface area contributed by atoms with Crippen molar-refractivity contribution in [3.8, 4) is 0 Å². The van der Waals surface area contributed by atoms with Crippen LogP contribution >= 0.6 is 0 Å². The fourth-order valence-corrected chi connectivity index (χ4v) is 2.46. The van der Waals surface area contributed by atoms with E-state index < -0.39 is 0 Å². The Balaban J connectivity index is 2.07. The van der Waals surface area contributed by atoms with E-state index in [-0.39, 0.29) is 0 Å². The summed E-state index contributed by atoms with van der Waals surface area (Å²) >= 11 is 0. The summed E-state index contributed by atoms with van der Waals surface area (Å²) in [7, 11) is 1.94. The van der Waals surface area contributed by atoms with Gasteiger partial charge in [0.1, 0.15) is 0 Å². The number of nitrogens with zero attached hydrogens (tertiary/aromatic N) is 2. The van der Waals surface area contributed by atoms with Crippen LogP contribution in [0.25, 0.3) is 0 Å². The smallest absolute Gasteiger partial charge is 0.202 e. The van der Waals surface area contributed by atoms with Gasteiger partial charge >= 0.3 is 0 Å². The van der Waals surface area contributed by atoms with Gasteiger partial charge in [-0.3, -0.25) is 0 Å². The first kappa shape index (κ1) is 10.5. The quantitative estimate of drug-likeness (QED) is 0.807. The molecule has 3 heteroatoms. The van der Waals surface area contributed by atoms with Crippen LogP contribution in [0.4, 0.5) is 5.95 Å². The Bertz CT molecular complexity index is 317. The third kappa shape index (κ3) is 2.16. The van der Waals surface area contributed by atoms with Gasteiger partial charge in [-0.25, -0.2) is 4.98 Å². The highest BCUT2D eigenvalue weighted by Crippen LogP contribution is 2.40. The average Bonchev–Trinajstić information content (AvgIpc) is 2.65. The third-order valence-electron chi connectivity index (χ3n) is 3.59. The van der Waals surface area contributed by atoms with Crippen molar-refractivity contribution in [2.75, 3.05) is 12.4 Å². The van der Waals surface area contributed by atoms with Gasteiger partial charge in [-0.05, 0) is 31.1 Å². The summed E-state index contributed by atoms with van der Waals surface area (Å²) in [5.74, 6) is 1.000. The lowest BCUT2D eigenvalue weighted by Gasteiger charge is -2.35. The van der Waals surface area contributed by atoms with E-state index >= 15 is 0 Å². The third-order valence-corrected chi connectivity index (χ3v) is 3.59. The number of aromatic nitrogens is 2. The molecule has 0 amide bonds. The first-order valence-electron chi connectivity index (χ1n) is 5.83. The molecule has 84 valence electrons. The molecule has 1 aliphatic carbocycles. The zero-order chi connectivity index (χ0) is 10.9. The summed E-state index contributed by atoms with van der Waals surface area (Å²) in [5, 5.41) is 3.15. The molecule has 2 rings (SSSR count). The normalized spacial score (nSPS) is 21.5. The lowest BCUT2D eigenvalue weighted by atomic mass is 9.75. The molecule has 1 N–H and O–H groups in total. The molecule has 0 aromatic carbocycles. The maximum atomic E-state index is 4.30. The number of rotatable bonds is 2. The maximum absolute atomic E-state index is 4.30. The van der Waals surface area contributed by atoms with Crippen molar-refractivity contribution >= 4 is 5.95 Å². The van der Waals surface area contributed by atoms with Gasteiger partial charge in [-0.15, -0.1) is 0 Å². The Kier molecular flexibility index (Phi) is 2.72. The number of nitrogens with one attached hydrogen (secondary N) is 1. The monoisotopic (exact) mass is 207 g/mol. The second kappa shape index (κ2) is 3.87. The van der Waals surface area contributed by atoms with E-state index in [2.05, 4.69) is 34.9 Å². The standard InChI is InChI=1S/C12H21N3/c1-12(2)6-4-10(5-7-12)15-9-8-14-11(15)13-3/h8-10H,4-7H2,1-3H3,(H,13,14). The summed E-state index contributed by atoms with van der Waals surface area (Å²) in [6.07, 6.45) is 9.16. The Morgan fingerprint density at radius 3 is 2.67 bits per heavy atom. The molecule has 0 bridgehead atoms. The minimum absolute atomic E-state index is 0.539. The van der Waals surface area contributed by atoms with Crippen LogP contribution in [0.3, 0.4) is 0 Å². The van der Waals surface area contributed by atoms with E-state index in [1.165, 1.54) is 25.7 Å². The molecular weight excluding hydrogens is 186 g/mol. The predicted molar refractivity (Wildman–Crippen MR) is 63.1 cm³/mol. The predicted octanol–water partition coefficient (Wildman–Crippen LogP) is 3.07. The summed E-state index contributed by atoms with van der Waals surface area (Å²) in [6, 6.07) is 0.642. The SMILES string of the molecule is CNc1nccn1C1CCC(C)(C)CC1. The van der Waals surface area contributed by atoms with Gasteiger partial charge in [0.15, 0.2) is 0 Å². The molecule has 0 spiro atoms. The molecule has 0 saturated heterocycles. The second-order valence-electron chi connectivity index (χ2n) is 5.30. The molecule has 3 nitrogen and oxygen atoms in total. The highest BCUT2D eigenvalue weighted by atomic mass is 15.2. The van der Waals surface area contributed by atoms with Gasteiger partial charge in [-0.1, -0.05) is 13.8 Å². The van der Waals surface area contributed by atoms with Crippen LogP contribution in [0.1, 0.15) is 45.6 Å². The summed E-state index contributed by atoms with van der Waals surface area (Å²) in [6.45, 7) is 4.74. The Morgan fingerprint density at radius 2 is 2.07 bits per heavy atom. The highest BCUT2D eigenvalue weighted by molar-refractivity contribution is 5.25. The molecule has 0 radical (unpaired) electrons. The maximum Gasteiger partial charge on any atom is 0.202 e. The van der Waals surface area contributed by atoms with E-state index in [1.54, 1.807) is 0 Å². The molecule has 0 atom stereocenters. The molecule has 1 aliphatic rings. The molecular formula is C12H21N3. The van der Waals surface area contributed by atoms with Crippen molar-refractivity contribution in [2.24, 2.45) is 5.41 Å². The van der Waals surface area contributed by atoms with Gasteiger partial charge in [0, 0.05) is 25.5 Å². The zero-order valence-corrected chi connectivity index (χ0v) is 9.95. The second-order valence-corrected chi connectivity index (χ2v) is 5.30. The summed E-state index contributed by atoms with van der Waals surface area (Å²) in [4.78, 5) is 4.30. The molecule has 1 fully saturated rings. The van der Waals surface area contributed by atoms with Crippen molar-refractivity contribution in [1.82, 2.24) is 9.55 Å². The Labute approximate surface area is 91.9 Å². The largest absolute Gasteiger partial charge is 0.359 e. The highest BCUT2D eigenvalue weighted by Gasteiger charge is 2.28. The van der Waals surface area contributed by atoms with Crippen LogP contribution in [0.5, 0.6) is 0 Å². The van der Waals surface area contributed by atoms with Gasteiger partial charge in [0.05, 0.1) is 0 Å². The summed E-state index contributed by atoms with van der Waals surface area (Å²) in [5.41, 5.74) is 0.539. The minimum atomic E-state index is 0.539. The fraction of sp³-hybridized carbons (Fsp3) is 0.750. The minimum Gasteiger partial charge on any atom is -0.359 e. The number of hydrogen-bond donors (Lipinski definition) is 1. The van der Waals surface area contributed by atoms with Gasteiger partial charge in [-0.2, -0.15) is 0 Å². The van der Waals surface area contributed by atoms with Crippen molar-refractivity contribution in [1.29, 1.82) is 0 Å². The molecule has 15 heavy (non-hydrogen) atoms. The van der Waals surface area contributed by atoms with Crippen LogP contribution in [-0.2, 0) is 0 Å². The van der Waals surface area contributed by atoms with E-state index in [0.717, 1.165) is 5.95 Å². The number of imidazole rings is 1. The first-order valence-corrected chi connectivity index (χ1v) is 5.83. The van der Waals surface area contributed by atoms with E-state index in [9.17, 15) is 0 Å². The van der Waals surface area contributed by atoms with Gasteiger partial charge in [0.25, 0.3) is 0 Å². The van der Waals surface area contributed by atoms with Crippen LogP contribution in [0.2, 0.25) is 0 Å². The molecule has 1 heterocycles. The zero-order valence-electron chi connectivity index (χ0n) is 9.95. The number of anilines is 1. The topological polar surface area (TPSA) is 29.9 Å². The first-order chi connectivity index (χ1) is 7.12. The van der Waals surface area contributed by atoms with E-state index in [4.69, 9.17) is 0 Å². The van der Waals surface area contributed by atoms with Crippen LogP contribution < -0.4 is 5.32 Å². The molecule has 1 aromatic heterocycles. The van der Waals surface area contributed by atoms with E-state index in [0.29, 0.717) is 11.5 Å². The van der Waals surface area contributed by atoms with Crippen molar-refractivity contribution in [2.45, 2.75) is 45.6 Å². The Morgan fingerprint density at radius 1 is 1.40 bits per heavy atom. The summed E-state index contributed by atoms with van der Waals surface area (Å²) < 4.78 is 2.29. The lowest BCUT2D eigenvalue weighted by molar-refractivity contribution is 0.194. The van der Waals surface area contributed by atoms with Crippen LogP contribution in [0, 0.1) is 5.41 Å². The number of hydrogen-bond acceptors (Lipinski definition) is 2. The van der Waals surface area contributed by atoms with Crippen LogP contribution in [-0.4, -0.2) is 16.6 Å². The van der Waals surface area contributed by atoms with Crippen LogP contribution in [0.15, 0.2) is 12.4 Å². The lowest BCUT2D eigenvalue weighted by Crippen LogP contribution is -2.23. The molecule has 1 saturated carbocycles. The van der Waals surface area contributed by atoms with Crippen molar-refractivity contribution in [3.05, 3.63) is 12.4 Å². The van der Waals surface area contributed by atoms with E-state index in [1.807, 2.05) is 13.2 Å². The average molecular weight is 207 g/mol. The van der Waals surface area contributed by atoms with Gasteiger partial charge < -0.3 is 9.88 Å². The Hall–Kier alpha value is -0.990. The molecule has 0 unspecified atom stereocenters. The fourth-order valence-electron chi connectivity index (χ4n) is 2.46. The van der Waals surface area contributed by atoms with Crippen molar-refractivity contribution < 1.29 is 0 Å². The molecule has 1 aromatic rings. The van der Waals surface area contributed by atoms with Crippen molar-refractivity contribution in [3.63, 3.8) is 0 Å². The molecule has 0 aliphatic heterocycles. The van der Waals surface area contributed by atoms with Gasteiger partial charge in [0.2, 0.25) is 5.95 Å².